The third-order valence-corrected chi connectivity index (χ3v) is 15.4. The number of fused-ring (bicyclic) bond motifs is 4. The van der Waals surface area contributed by atoms with E-state index >= 15 is 0 Å². The number of aryl methyl sites for hydroxylation is 4. The molecule has 72 heavy (non-hydrogen) atoms. The minimum absolute atomic E-state index is 0.0192. The molecule has 2 saturated heterocycles. The van der Waals surface area contributed by atoms with Gasteiger partial charge in [0.2, 0.25) is 11.8 Å². The third kappa shape index (κ3) is 8.23. The van der Waals surface area contributed by atoms with Crippen molar-refractivity contribution in [3.05, 3.63) is 71.8 Å². The standard InChI is InChI=1S/2C27H34N6O3/c2*1-7-16-14-33(15(3)23(16)28)27(34)18-11-19-24(21(13-18)35-5)31(4)26(29-19)20-12-17-9-10-22(36-6)30-25(17)32(20)8-2/h2*9-13,15-16,23H,7-8,14,28H2,1-6H3/t15?,16-,23?;15-,16-,23+/m10/s1. The Morgan fingerprint density at radius 1 is 0.569 bits per heavy atom. The molecule has 4 N–H and O–H groups in total. The van der Waals surface area contributed by atoms with Gasteiger partial charge >= 0.3 is 0 Å². The van der Waals surface area contributed by atoms with Crippen molar-refractivity contribution in [3.63, 3.8) is 0 Å². The van der Waals surface area contributed by atoms with E-state index in [1.165, 1.54) is 0 Å². The minimum Gasteiger partial charge on any atom is -0.494 e. The van der Waals surface area contributed by atoms with E-state index < -0.39 is 0 Å². The average Bonchev–Trinajstić information content (AvgIpc) is 4.24. The second-order valence-corrected chi connectivity index (χ2v) is 19.0. The average molecular weight is 981 g/mol. The molecule has 0 aliphatic carbocycles. The molecule has 6 aromatic heterocycles. The molecule has 8 aromatic rings. The van der Waals surface area contributed by atoms with Gasteiger partial charge in [0.25, 0.3) is 11.8 Å². The van der Waals surface area contributed by atoms with Crippen molar-refractivity contribution in [2.24, 2.45) is 37.4 Å². The van der Waals surface area contributed by atoms with E-state index in [9.17, 15) is 9.59 Å². The van der Waals surface area contributed by atoms with Crippen LogP contribution in [0.15, 0.2) is 60.7 Å². The topological polar surface area (TPSA) is 201 Å². The highest BCUT2D eigenvalue weighted by Crippen LogP contribution is 2.38. The summed E-state index contributed by atoms with van der Waals surface area (Å²) < 4.78 is 30.5. The van der Waals surface area contributed by atoms with E-state index in [0.29, 0.717) is 70.3 Å². The molecule has 6 atom stereocenters. The van der Waals surface area contributed by atoms with Gasteiger partial charge in [-0.15, -0.1) is 0 Å². The first-order valence-corrected chi connectivity index (χ1v) is 25.0. The van der Waals surface area contributed by atoms with Crippen LogP contribution in [0.25, 0.3) is 67.2 Å². The molecule has 18 nitrogen and oxygen atoms in total. The molecule has 0 spiro atoms. The molecule has 2 amide bonds. The van der Waals surface area contributed by atoms with E-state index in [1.54, 1.807) is 28.4 Å². The Bertz CT molecular complexity index is 3130. The van der Waals surface area contributed by atoms with Crippen molar-refractivity contribution in [1.82, 2.24) is 48.0 Å². The third-order valence-electron chi connectivity index (χ3n) is 15.4. The van der Waals surface area contributed by atoms with Crippen LogP contribution in [0.3, 0.4) is 0 Å². The number of hydrogen-bond acceptors (Lipinski definition) is 12. The van der Waals surface area contributed by atoms with Crippen molar-refractivity contribution < 1.29 is 28.5 Å². The smallest absolute Gasteiger partial charge is 0.254 e. The van der Waals surface area contributed by atoms with Gasteiger partial charge in [-0.3, -0.25) is 9.59 Å². The van der Waals surface area contributed by atoms with Gasteiger partial charge in [0, 0.05) is 98.5 Å². The zero-order chi connectivity index (χ0) is 51.4. The number of methoxy groups -OCH3 is 4. The molecular weight excluding hydrogens is 913 g/mol. The lowest BCUT2D eigenvalue weighted by molar-refractivity contribution is 0.0731. The molecule has 10 rings (SSSR count). The fourth-order valence-electron chi connectivity index (χ4n) is 11.0. The first-order valence-electron chi connectivity index (χ1n) is 25.0. The van der Waals surface area contributed by atoms with Crippen LogP contribution in [0.5, 0.6) is 23.3 Å². The number of likely N-dealkylation sites (tertiary alicyclic amines) is 2. The van der Waals surface area contributed by atoms with Crippen LogP contribution in [0.2, 0.25) is 0 Å². The molecule has 8 heterocycles. The number of nitrogens with two attached hydrogens (primary N) is 2. The van der Waals surface area contributed by atoms with Crippen molar-refractivity contribution in [2.75, 3.05) is 41.5 Å². The summed E-state index contributed by atoms with van der Waals surface area (Å²) in [6.45, 7) is 15.2. The number of carbonyl (C=O) groups is 2. The highest BCUT2D eigenvalue weighted by molar-refractivity contribution is 6.02. The summed E-state index contributed by atoms with van der Waals surface area (Å²) in [6, 6.07) is 19.2. The van der Waals surface area contributed by atoms with Gasteiger partial charge in [0.1, 0.15) is 33.8 Å². The monoisotopic (exact) mass is 981 g/mol. The molecule has 0 bridgehead atoms. The number of pyridine rings is 2. The van der Waals surface area contributed by atoms with Crippen LogP contribution in [0, 0.1) is 11.8 Å². The van der Waals surface area contributed by atoms with Crippen LogP contribution < -0.4 is 30.4 Å². The second kappa shape index (κ2) is 19.8. The zero-order valence-electron chi connectivity index (χ0n) is 43.6. The van der Waals surface area contributed by atoms with Crippen LogP contribution in [-0.2, 0) is 27.2 Å². The van der Waals surface area contributed by atoms with Crippen LogP contribution in [0.4, 0.5) is 0 Å². The summed E-state index contributed by atoms with van der Waals surface area (Å²) in [7, 11) is 10.4. The van der Waals surface area contributed by atoms with Crippen LogP contribution in [-0.4, -0.2) is 126 Å². The Kier molecular flexibility index (Phi) is 13.7. The Morgan fingerprint density at radius 2 is 0.958 bits per heavy atom. The summed E-state index contributed by atoms with van der Waals surface area (Å²) in [6.07, 6.45) is 1.90. The fourth-order valence-corrected chi connectivity index (χ4v) is 11.0. The Morgan fingerprint density at radius 3 is 1.28 bits per heavy atom. The molecule has 2 unspecified atom stereocenters. The first kappa shape index (κ1) is 49.8. The number of carbonyl (C=O) groups excluding carboxylic acids is 2. The lowest BCUT2D eigenvalue weighted by Gasteiger charge is -2.23. The quantitative estimate of drug-likeness (QED) is 0.121. The maximum absolute atomic E-state index is 13.6. The van der Waals surface area contributed by atoms with Crippen LogP contribution in [0.1, 0.15) is 75.1 Å². The lowest BCUT2D eigenvalue weighted by atomic mass is 9.98. The molecule has 18 heteroatoms. The highest BCUT2D eigenvalue weighted by Gasteiger charge is 2.40. The molecule has 0 radical (unpaired) electrons. The number of imidazole rings is 2. The molecule has 380 valence electrons. The summed E-state index contributed by atoms with van der Waals surface area (Å²) in [5.41, 5.74) is 20.5. The summed E-state index contributed by atoms with van der Waals surface area (Å²) in [5.74, 6) is 4.43. The molecular formula is C54H68N12O6. The van der Waals surface area contributed by atoms with E-state index in [-0.39, 0.29) is 36.0 Å². The molecule has 2 aliphatic heterocycles. The summed E-state index contributed by atoms with van der Waals surface area (Å²) >= 11 is 0. The maximum atomic E-state index is 13.6. The molecule has 2 aromatic carbocycles. The number of benzene rings is 2. The minimum atomic E-state index is -0.0414. The van der Waals surface area contributed by atoms with Gasteiger partial charge in [-0.2, -0.15) is 9.97 Å². The van der Waals surface area contributed by atoms with Crippen molar-refractivity contribution in [2.45, 2.75) is 91.6 Å². The Labute approximate surface area is 419 Å². The van der Waals surface area contributed by atoms with E-state index in [0.717, 1.165) is 82.1 Å². The SMILES string of the molecule is CC[C@@H]1CN(C(=O)c2cc(OC)c3c(c2)nc(-c2cc4ccc(OC)nc4n2CC)n3C)C(C)C1N.CC[C@H]1CN(C(=O)c2cc(OC)c3c(c2)nc(-c2cc4ccc(OC)nc4n2CC)n3C)[C@@H](C)[C@H]1N. The zero-order valence-corrected chi connectivity index (χ0v) is 43.6. The van der Waals surface area contributed by atoms with Gasteiger partial charge in [0.15, 0.2) is 11.6 Å². The van der Waals surface area contributed by atoms with Crippen LogP contribution >= 0.6 is 0 Å². The molecule has 2 aliphatic rings. The Balaban J connectivity index is 0.000000178. The number of amides is 2. The van der Waals surface area contributed by atoms with Crippen molar-refractivity contribution in [3.8, 4) is 46.3 Å². The van der Waals surface area contributed by atoms with E-state index in [4.69, 9.17) is 40.4 Å². The normalized spacial score (nSPS) is 20.0. The Hall–Kier alpha value is -7.18. The van der Waals surface area contributed by atoms with Gasteiger partial charge in [0.05, 0.1) is 50.9 Å². The van der Waals surface area contributed by atoms with E-state index in [1.807, 2.05) is 95.4 Å². The number of hydrogen-bond donors (Lipinski definition) is 2. The predicted octanol–water partition coefficient (Wildman–Crippen LogP) is 7.65. The molecule has 0 saturated carbocycles. The van der Waals surface area contributed by atoms with Gasteiger partial charge in [-0.25, -0.2) is 9.97 Å². The number of aromatic nitrogens is 8. The predicted molar refractivity (Wildman–Crippen MR) is 281 cm³/mol. The van der Waals surface area contributed by atoms with Gasteiger partial charge in [-0.05, 0) is 88.1 Å². The lowest BCUT2D eigenvalue weighted by Crippen LogP contribution is -2.41. The van der Waals surface area contributed by atoms with Crippen molar-refractivity contribution >= 4 is 55.9 Å². The summed E-state index contributed by atoms with van der Waals surface area (Å²) in [5, 5.41) is 2.01. The number of nitrogens with zero attached hydrogens (tertiary/aromatic N) is 10. The van der Waals surface area contributed by atoms with Crippen molar-refractivity contribution in [1.29, 1.82) is 0 Å². The van der Waals surface area contributed by atoms with E-state index in [2.05, 4.69) is 58.9 Å². The first-order chi connectivity index (χ1) is 34.6. The number of ether oxygens (including phenoxy) is 4. The van der Waals surface area contributed by atoms with Gasteiger partial charge in [-0.1, -0.05) is 26.7 Å². The van der Waals surface area contributed by atoms with Gasteiger partial charge < -0.3 is 58.5 Å². The highest BCUT2D eigenvalue weighted by atomic mass is 16.5. The maximum Gasteiger partial charge on any atom is 0.254 e. The second-order valence-electron chi connectivity index (χ2n) is 19.0. The summed E-state index contributed by atoms with van der Waals surface area (Å²) in [4.78, 5) is 50.2. The fraction of sp³-hybridized carbons (Fsp3) is 0.444. The molecule has 2 fully saturated rings. The largest absolute Gasteiger partial charge is 0.494 e. The number of rotatable bonds is 12.